The molecule has 1 fully saturated rings. The third-order valence-corrected chi connectivity index (χ3v) is 4.45. The van der Waals surface area contributed by atoms with E-state index in [1.165, 1.54) is 24.0 Å². The highest BCUT2D eigenvalue weighted by atomic mass is 31.0. The van der Waals surface area contributed by atoms with Gasteiger partial charge in [-0.3, -0.25) is 0 Å². The molecule has 1 aromatic carbocycles. The Balaban J connectivity index is 2.32. The average Bonchev–Trinajstić information content (AvgIpc) is 2.96. The van der Waals surface area contributed by atoms with Crippen molar-refractivity contribution in [2.24, 2.45) is 11.3 Å². The number of hydrogen-bond acceptors (Lipinski definition) is 0. The summed E-state index contributed by atoms with van der Waals surface area (Å²) in [7, 11) is 2.30. The fraction of sp³-hybridized carbons (Fsp3) is 0.647. The zero-order chi connectivity index (χ0) is 14.3. The van der Waals surface area contributed by atoms with E-state index in [0.717, 1.165) is 18.4 Å². The average molecular weight is 280 g/mol. The third kappa shape index (κ3) is 4.02. The van der Waals surface area contributed by atoms with Crippen LogP contribution < -0.4 is 0 Å². The standard InChI is InChI=1S/C17H26FP/c1-12(2)9-13-5-6-15(17(4,18)19)10-14(13)11-16(3)7-8-16/h5-6,10,12H,7-9,11,19H2,1-4H3. The lowest BCUT2D eigenvalue weighted by molar-refractivity contribution is 0.323. The van der Waals surface area contributed by atoms with E-state index < -0.39 is 5.41 Å². The molecule has 0 amide bonds. The van der Waals surface area contributed by atoms with Crippen LogP contribution in [-0.4, -0.2) is 0 Å². The predicted molar refractivity (Wildman–Crippen MR) is 84.2 cm³/mol. The molecule has 1 aromatic rings. The van der Waals surface area contributed by atoms with Crippen LogP contribution in [0.1, 0.15) is 57.2 Å². The summed E-state index contributed by atoms with van der Waals surface area (Å²) in [6, 6.07) is 6.18. The molecule has 0 aromatic heterocycles. The van der Waals surface area contributed by atoms with Crippen molar-refractivity contribution in [2.75, 3.05) is 0 Å². The molecule has 0 saturated heterocycles. The lowest BCUT2D eigenvalue weighted by Gasteiger charge is -2.20. The highest BCUT2D eigenvalue weighted by Crippen LogP contribution is 2.48. The van der Waals surface area contributed by atoms with Gasteiger partial charge in [0.2, 0.25) is 0 Å². The van der Waals surface area contributed by atoms with E-state index >= 15 is 0 Å². The molecule has 19 heavy (non-hydrogen) atoms. The Kier molecular flexibility index (Phi) is 4.07. The fourth-order valence-electron chi connectivity index (χ4n) is 2.58. The first-order chi connectivity index (χ1) is 8.70. The van der Waals surface area contributed by atoms with E-state index in [1.807, 2.05) is 6.07 Å². The maximum atomic E-state index is 14.1. The Morgan fingerprint density at radius 3 is 2.42 bits per heavy atom. The molecule has 106 valence electrons. The summed E-state index contributed by atoms with van der Waals surface area (Å²) in [4.78, 5) is 0. The van der Waals surface area contributed by atoms with E-state index in [2.05, 4.69) is 42.1 Å². The van der Waals surface area contributed by atoms with Crippen LogP contribution in [0.25, 0.3) is 0 Å². The Bertz CT molecular complexity index is 453. The van der Waals surface area contributed by atoms with Crippen molar-refractivity contribution in [3.8, 4) is 0 Å². The van der Waals surface area contributed by atoms with Gasteiger partial charge in [0.25, 0.3) is 0 Å². The number of hydrogen-bond donors (Lipinski definition) is 0. The second-order valence-electron chi connectivity index (χ2n) is 7.14. The summed E-state index contributed by atoms with van der Waals surface area (Å²) in [6.45, 7) is 8.43. The van der Waals surface area contributed by atoms with Gasteiger partial charge in [-0.15, -0.1) is 0 Å². The molecule has 0 N–H and O–H groups in total. The normalized spacial score (nSPS) is 20.4. The highest BCUT2D eigenvalue weighted by Gasteiger charge is 2.37. The molecule has 2 rings (SSSR count). The van der Waals surface area contributed by atoms with Gasteiger partial charge in [-0.25, -0.2) is 4.39 Å². The van der Waals surface area contributed by atoms with E-state index in [4.69, 9.17) is 0 Å². The fourth-order valence-corrected chi connectivity index (χ4v) is 2.76. The summed E-state index contributed by atoms with van der Waals surface area (Å²) in [5.41, 5.74) is 4.01. The number of halogens is 1. The minimum Gasteiger partial charge on any atom is -0.235 e. The molecule has 2 heteroatoms. The quantitative estimate of drug-likeness (QED) is 0.647. The predicted octanol–water partition coefficient (Wildman–Crippen LogP) is 5.25. The van der Waals surface area contributed by atoms with E-state index in [0.29, 0.717) is 11.3 Å². The van der Waals surface area contributed by atoms with Gasteiger partial charge in [0.1, 0.15) is 5.41 Å². The third-order valence-electron chi connectivity index (χ3n) is 4.12. The van der Waals surface area contributed by atoms with Crippen LogP contribution in [0.5, 0.6) is 0 Å². The Morgan fingerprint density at radius 1 is 1.32 bits per heavy atom. The van der Waals surface area contributed by atoms with E-state index in [-0.39, 0.29) is 0 Å². The van der Waals surface area contributed by atoms with Crippen molar-refractivity contribution in [2.45, 2.75) is 58.8 Å². The first-order valence-corrected chi connectivity index (χ1v) is 7.87. The van der Waals surface area contributed by atoms with Gasteiger partial charge in [0.15, 0.2) is 0 Å². The monoisotopic (exact) mass is 280 g/mol. The lowest BCUT2D eigenvalue weighted by atomic mass is 9.89. The van der Waals surface area contributed by atoms with Crippen LogP contribution in [0.15, 0.2) is 18.2 Å². The Morgan fingerprint density at radius 2 is 1.95 bits per heavy atom. The number of rotatable bonds is 5. The van der Waals surface area contributed by atoms with Crippen LogP contribution >= 0.6 is 9.24 Å². The number of alkyl halides is 1. The molecule has 0 bridgehead atoms. The molecular weight excluding hydrogens is 254 g/mol. The summed E-state index contributed by atoms with van der Waals surface area (Å²) in [6.07, 6.45) is 4.81. The molecule has 0 nitrogen and oxygen atoms in total. The summed E-state index contributed by atoms with van der Waals surface area (Å²) < 4.78 is 14.1. The first kappa shape index (κ1) is 15.0. The first-order valence-electron chi connectivity index (χ1n) is 7.30. The van der Waals surface area contributed by atoms with Crippen LogP contribution in [0, 0.1) is 11.3 Å². The van der Waals surface area contributed by atoms with Crippen molar-refractivity contribution in [1.29, 1.82) is 0 Å². The summed E-state index contributed by atoms with van der Waals surface area (Å²) in [5.74, 6) is 0.643. The maximum Gasteiger partial charge on any atom is 0.145 e. The molecule has 0 spiro atoms. The van der Waals surface area contributed by atoms with Crippen LogP contribution in [0.4, 0.5) is 4.39 Å². The number of benzene rings is 1. The molecule has 0 radical (unpaired) electrons. The SMILES string of the molecule is CC(C)Cc1ccc(C(C)(F)P)cc1CC1(C)CC1. The van der Waals surface area contributed by atoms with Crippen molar-refractivity contribution >= 4 is 9.24 Å². The topological polar surface area (TPSA) is 0 Å². The van der Waals surface area contributed by atoms with Crippen molar-refractivity contribution < 1.29 is 4.39 Å². The second kappa shape index (κ2) is 5.17. The van der Waals surface area contributed by atoms with Crippen LogP contribution in [0.2, 0.25) is 0 Å². The molecule has 0 heterocycles. The maximum absolute atomic E-state index is 14.1. The minimum atomic E-state index is -1.32. The highest BCUT2D eigenvalue weighted by molar-refractivity contribution is 7.18. The van der Waals surface area contributed by atoms with Gasteiger partial charge in [-0.1, -0.05) is 48.2 Å². The lowest BCUT2D eigenvalue weighted by Crippen LogP contribution is -2.10. The van der Waals surface area contributed by atoms with Gasteiger partial charge < -0.3 is 0 Å². The largest absolute Gasteiger partial charge is 0.235 e. The van der Waals surface area contributed by atoms with Crippen molar-refractivity contribution in [3.63, 3.8) is 0 Å². The minimum absolute atomic E-state index is 0.470. The van der Waals surface area contributed by atoms with Crippen molar-refractivity contribution in [3.05, 3.63) is 34.9 Å². The van der Waals surface area contributed by atoms with Crippen LogP contribution in [-0.2, 0) is 18.3 Å². The van der Waals surface area contributed by atoms with Crippen LogP contribution in [0.3, 0.4) is 0 Å². The molecule has 1 aliphatic rings. The molecular formula is C17H26FP. The zero-order valence-corrected chi connectivity index (χ0v) is 13.7. The molecule has 2 atom stereocenters. The molecule has 1 aliphatic carbocycles. The van der Waals surface area contributed by atoms with Gasteiger partial charge in [0.05, 0.1) is 0 Å². The second-order valence-corrected chi connectivity index (χ2v) is 8.23. The smallest absolute Gasteiger partial charge is 0.145 e. The Hall–Kier alpha value is -0.420. The van der Waals surface area contributed by atoms with E-state index in [9.17, 15) is 4.39 Å². The zero-order valence-electron chi connectivity index (χ0n) is 12.6. The molecule has 1 saturated carbocycles. The molecule has 0 aliphatic heterocycles. The van der Waals surface area contributed by atoms with Gasteiger partial charge in [-0.2, -0.15) is 0 Å². The van der Waals surface area contributed by atoms with Crippen molar-refractivity contribution in [1.82, 2.24) is 0 Å². The van der Waals surface area contributed by atoms with Gasteiger partial charge in [-0.05, 0) is 60.6 Å². The summed E-state index contributed by atoms with van der Waals surface area (Å²) >= 11 is 0. The van der Waals surface area contributed by atoms with E-state index in [1.54, 1.807) is 6.92 Å². The summed E-state index contributed by atoms with van der Waals surface area (Å²) in [5, 5.41) is -1.32. The van der Waals surface area contributed by atoms with Gasteiger partial charge in [0, 0.05) is 0 Å². The molecule has 2 unspecified atom stereocenters. The Labute approximate surface area is 119 Å². The van der Waals surface area contributed by atoms with Gasteiger partial charge >= 0.3 is 0 Å².